The number of aromatic hydroxyl groups is 1. The van der Waals surface area contributed by atoms with Gasteiger partial charge in [0.15, 0.2) is 5.78 Å². The molecule has 45 heavy (non-hydrogen) atoms. The highest BCUT2D eigenvalue weighted by molar-refractivity contribution is 6.08. The molecule has 5 rings (SSSR count). The number of aliphatic hydroxyl groups excluding tert-OH is 4. The molecule has 3 aliphatic rings. The summed E-state index contributed by atoms with van der Waals surface area (Å²) in [7, 11) is 0. The topological polar surface area (TPSA) is 203 Å². The van der Waals surface area contributed by atoms with Crippen molar-refractivity contribution in [1.29, 1.82) is 0 Å². The van der Waals surface area contributed by atoms with Gasteiger partial charge < -0.3 is 50.0 Å². The van der Waals surface area contributed by atoms with E-state index >= 15 is 0 Å². The number of ether oxygens (including phenoxy) is 3. The van der Waals surface area contributed by atoms with Crippen LogP contribution in [0.2, 0.25) is 0 Å². The van der Waals surface area contributed by atoms with Crippen molar-refractivity contribution in [2.45, 2.75) is 82.6 Å². The molecule has 9 unspecified atom stereocenters. The monoisotopic (exact) mass is 632 g/mol. The normalized spacial score (nSPS) is 33.5. The molecule has 0 amide bonds. The smallest absolute Gasteiger partial charge is 0.335 e. The van der Waals surface area contributed by atoms with Gasteiger partial charge in [-0.3, -0.25) is 4.79 Å². The maximum absolute atomic E-state index is 12.3. The molecule has 7 N–H and O–H groups in total. The van der Waals surface area contributed by atoms with Crippen molar-refractivity contribution < 1.29 is 59.5 Å². The number of carboxylic acid groups (broad SMARTS) is 1. The molecule has 0 spiro atoms. The Morgan fingerprint density at radius 1 is 1.07 bits per heavy atom. The van der Waals surface area contributed by atoms with Crippen molar-refractivity contribution in [3.05, 3.63) is 34.9 Å². The molecule has 9 atom stereocenters. The first kappa shape index (κ1) is 33.5. The van der Waals surface area contributed by atoms with Crippen LogP contribution in [0.15, 0.2) is 18.2 Å². The molecule has 1 aliphatic carbocycles. The van der Waals surface area contributed by atoms with Crippen molar-refractivity contribution in [2.24, 2.45) is 23.7 Å². The quantitative estimate of drug-likeness (QED) is 0.188. The van der Waals surface area contributed by atoms with Gasteiger partial charge >= 0.3 is 5.97 Å². The summed E-state index contributed by atoms with van der Waals surface area (Å²) < 4.78 is 17.6. The van der Waals surface area contributed by atoms with Crippen LogP contribution in [0.4, 0.5) is 0 Å². The Morgan fingerprint density at radius 2 is 1.82 bits per heavy atom. The molecule has 12 heteroatoms. The Balaban J connectivity index is 1.41. The lowest BCUT2D eigenvalue weighted by Crippen LogP contribution is -2.68. The highest BCUT2D eigenvalue weighted by Crippen LogP contribution is 2.47. The van der Waals surface area contributed by atoms with Crippen LogP contribution >= 0.6 is 0 Å². The molecule has 2 heterocycles. The summed E-state index contributed by atoms with van der Waals surface area (Å²) in [5.74, 6) is -1.41. The van der Waals surface area contributed by atoms with Crippen LogP contribution in [0, 0.1) is 30.6 Å². The number of aryl methyl sites for hydroxylation is 1. The second-order valence-corrected chi connectivity index (χ2v) is 12.9. The summed E-state index contributed by atoms with van der Waals surface area (Å²) in [5, 5.41) is 75.1. The predicted molar refractivity (Wildman–Crippen MR) is 160 cm³/mol. The maximum Gasteiger partial charge on any atom is 0.335 e. The molecule has 2 aromatic carbocycles. The minimum Gasteiger partial charge on any atom is -0.506 e. The van der Waals surface area contributed by atoms with Gasteiger partial charge in [-0.1, -0.05) is 18.9 Å². The lowest BCUT2D eigenvalue weighted by atomic mass is 9.63. The minimum atomic E-state index is -2.04. The summed E-state index contributed by atoms with van der Waals surface area (Å²) in [6.07, 6.45) is -2.64. The molecule has 0 radical (unpaired) electrons. The first-order valence-corrected chi connectivity index (χ1v) is 15.7. The highest BCUT2D eigenvalue weighted by Gasteiger charge is 2.56. The number of hydrogen-bond donors (Lipinski definition) is 7. The number of Topliss-reactive ketones (excluding diaryl/α,β-unsaturated/α-hetero) is 1. The summed E-state index contributed by atoms with van der Waals surface area (Å²) in [6.45, 7) is 3.43. The molecule has 2 saturated heterocycles. The summed E-state index contributed by atoms with van der Waals surface area (Å²) in [5.41, 5.74) is -1.81. The Kier molecular flexibility index (Phi) is 10.0. The van der Waals surface area contributed by atoms with E-state index < -0.39 is 54.3 Å². The van der Waals surface area contributed by atoms with E-state index in [1.807, 2.05) is 0 Å². The van der Waals surface area contributed by atoms with E-state index in [0.717, 1.165) is 25.3 Å². The van der Waals surface area contributed by atoms with Crippen LogP contribution in [0.1, 0.15) is 71.7 Å². The van der Waals surface area contributed by atoms with Crippen molar-refractivity contribution in [1.82, 2.24) is 0 Å². The maximum atomic E-state index is 12.3. The average Bonchev–Trinajstić information content (AvgIpc) is 3.00. The first-order chi connectivity index (χ1) is 21.4. The number of aliphatic hydroxyl groups is 5. The van der Waals surface area contributed by atoms with E-state index in [-0.39, 0.29) is 58.4 Å². The van der Waals surface area contributed by atoms with Gasteiger partial charge in [-0.2, -0.15) is 0 Å². The standard InChI is InChI=1S/C33H44O12/c1-16-10-21-11-22(31(40)41)12-23(27(21)28(37)25(16)17(2)36)44-32-29(38)30(39)33(42,24(13-35)45-32)8-6-18-4-3-5-19-14-43-15-20(7-9-34)26(18)19/h10-12,18-20,24,26,29-30,32,34-35,37-39,42H,3-9,13-15H2,1-2H3,(H,40,41). The Morgan fingerprint density at radius 3 is 2.49 bits per heavy atom. The lowest BCUT2D eigenvalue weighted by molar-refractivity contribution is -0.315. The van der Waals surface area contributed by atoms with Gasteiger partial charge in [0, 0.05) is 19.8 Å². The van der Waals surface area contributed by atoms with Gasteiger partial charge in [0.25, 0.3) is 0 Å². The molecule has 0 bridgehead atoms. The lowest BCUT2D eigenvalue weighted by Gasteiger charge is -2.50. The van der Waals surface area contributed by atoms with E-state index in [9.17, 15) is 45.3 Å². The van der Waals surface area contributed by atoms with Crippen molar-refractivity contribution in [2.75, 3.05) is 26.4 Å². The first-order valence-electron chi connectivity index (χ1n) is 15.7. The van der Waals surface area contributed by atoms with Crippen LogP contribution in [0.3, 0.4) is 0 Å². The van der Waals surface area contributed by atoms with Crippen LogP contribution in [-0.2, 0) is 9.47 Å². The number of phenolic OH excluding ortho intramolecular Hbond substituents is 1. The Bertz CT molecular complexity index is 1400. The number of benzene rings is 2. The van der Waals surface area contributed by atoms with Crippen LogP contribution in [-0.4, -0.2) is 104 Å². The van der Waals surface area contributed by atoms with Gasteiger partial charge in [-0.05, 0) is 86.3 Å². The van der Waals surface area contributed by atoms with E-state index in [4.69, 9.17) is 14.2 Å². The molecule has 12 nitrogen and oxygen atoms in total. The second kappa shape index (κ2) is 13.5. The highest BCUT2D eigenvalue weighted by atomic mass is 16.7. The third-order valence-corrected chi connectivity index (χ3v) is 10.2. The fraction of sp³-hybridized carbons (Fsp3) is 0.636. The van der Waals surface area contributed by atoms with E-state index in [1.165, 1.54) is 19.1 Å². The van der Waals surface area contributed by atoms with Gasteiger partial charge in [0.1, 0.15) is 35.4 Å². The molecule has 2 aliphatic heterocycles. The van der Waals surface area contributed by atoms with Crippen molar-refractivity contribution in [3.63, 3.8) is 0 Å². The number of hydrogen-bond acceptors (Lipinski definition) is 11. The Labute approximate surface area is 261 Å². The number of fused-ring (bicyclic) bond motifs is 2. The number of carbonyl (C=O) groups excluding carboxylic acids is 1. The second-order valence-electron chi connectivity index (χ2n) is 12.9. The summed E-state index contributed by atoms with van der Waals surface area (Å²) in [6, 6.07) is 3.95. The van der Waals surface area contributed by atoms with E-state index in [0.29, 0.717) is 37.5 Å². The van der Waals surface area contributed by atoms with Gasteiger partial charge in [0.2, 0.25) is 6.29 Å². The van der Waals surface area contributed by atoms with Crippen LogP contribution < -0.4 is 4.74 Å². The zero-order valence-electron chi connectivity index (χ0n) is 25.6. The van der Waals surface area contributed by atoms with Crippen LogP contribution in [0.25, 0.3) is 10.8 Å². The molecular formula is C33H44O12. The summed E-state index contributed by atoms with van der Waals surface area (Å²) in [4.78, 5) is 24.2. The molecule has 248 valence electrons. The van der Waals surface area contributed by atoms with E-state index in [1.54, 1.807) is 6.92 Å². The fourth-order valence-corrected chi connectivity index (χ4v) is 8.06. The zero-order valence-corrected chi connectivity index (χ0v) is 25.6. The SMILES string of the molecule is CC(=O)c1c(C)cc2cc(C(=O)O)cc(OC3OC(CO)C(O)(CCC4CCCC5COCC(CCO)C45)C(O)C3O)c2c1O. The van der Waals surface area contributed by atoms with Crippen molar-refractivity contribution >= 4 is 22.5 Å². The molecule has 1 saturated carbocycles. The minimum absolute atomic E-state index is 0.00298. The Hall–Kier alpha value is -2.84. The number of ketones is 1. The largest absolute Gasteiger partial charge is 0.506 e. The number of rotatable bonds is 10. The van der Waals surface area contributed by atoms with Gasteiger partial charge in [-0.15, -0.1) is 0 Å². The number of carbonyl (C=O) groups is 2. The summed E-state index contributed by atoms with van der Waals surface area (Å²) >= 11 is 0. The predicted octanol–water partition coefficient (Wildman–Crippen LogP) is 2.15. The third kappa shape index (κ3) is 6.29. The van der Waals surface area contributed by atoms with Crippen LogP contribution in [0.5, 0.6) is 11.5 Å². The number of carboxylic acids is 1. The number of phenols is 1. The molecule has 3 fully saturated rings. The fourth-order valence-electron chi connectivity index (χ4n) is 8.06. The molecular weight excluding hydrogens is 588 g/mol. The zero-order chi connectivity index (χ0) is 32.6. The third-order valence-electron chi connectivity index (χ3n) is 10.2. The molecule has 2 aromatic rings. The number of aromatic carboxylic acids is 1. The van der Waals surface area contributed by atoms with E-state index in [2.05, 4.69) is 0 Å². The van der Waals surface area contributed by atoms with Gasteiger partial charge in [-0.25, -0.2) is 4.79 Å². The molecule has 0 aromatic heterocycles. The average molecular weight is 633 g/mol. The van der Waals surface area contributed by atoms with Gasteiger partial charge in [0.05, 0.1) is 23.1 Å². The van der Waals surface area contributed by atoms with Crippen molar-refractivity contribution in [3.8, 4) is 11.5 Å².